The molecule has 5 heteroatoms. The summed E-state index contributed by atoms with van der Waals surface area (Å²) in [6.45, 7) is 9.80. The topological polar surface area (TPSA) is 45.4 Å². The summed E-state index contributed by atoms with van der Waals surface area (Å²) in [7, 11) is 4.19. The van der Waals surface area contributed by atoms with Crippen LogP contribution >= 0.6 is 0 Å². The molecule has 0 bridgehead atoms. The molecule has 0 N–H and O–H groups in total. The third-order valence-electron chi connectivity index (χ3n) is 3.69. The molecule has 0 saturated heterocycles. The molecular formula is C18H28N4O. The van der Waals surface area contributed by atoms with Gasteiger partial charge in [0.2, 0.25) is 0 Å². The Morgan fingerprint density at radius 1 is 1.04 bits per heavy atom. The number of nitrogens with zero attached hydrogens (tertiary/aromatic N) is 4. The molecular weight excluding hydrogens is 288 g/mol. The molecule has 2 rings (SSSR count). The van der Waals surface area contributed by atoms with Gasteiger partial charge in [-0.25, -0.2) is 9.97 Å². The normalized spacial score (nSPS) is 11.8. The molecule has 0 aliphatic heterocycles. The van der Waals surface area contributed by atoms with Gasteiger partial charge in [0.1, 0.15) is 17.3 Å². The molecule has 0 aliphatic carbocycles. The lowest BCUT2D eigenvalue weighted by atomic mass is 10.2. The van der Waals surface area contributed by atoms with Crippen molar-refractivity contribution in [3.63, 3.8) is 0 Å². The van der Waals surface area contributed by atoms with Crippen LogP contribution in [0, 0.1) is 6.92 Å². The number of furan rings is 1. The first-order valence-electron chi connectivity index (χ1n) is 8.17. The van der Waals surface area contributed by atoms with E-state index in [1.54, 1.807) is 0 Å². The molecule has 126 valence electrons. The predicted molar refractivity (Wildman–Crippen MR) is 92.2 cm³/mol. The molecule has 2 aromatic heterocycles. The zero-order valence-electron chi connectivity index (χ0n) is 14.9. The number of aromatic nitrogens is 2. The van der Waals surface area contributed by atoms with Crippen molar-refractivity contribution in [3.8, 4) is 0 Å². The van der Waals surface area contributed by atoms with Gasteiger partial charge >= 0.3 is 0 Å². The number of hydrogen-bond acceptors (Lipinski definition) is 5. The number of likely N-dealkylation sites (N-methyl/N-ethyl adjacent to an activating group) is 1. The maximum Gasteiger partial charge on any atom is 0.130 e. The smallest absolute Gasteiger partial charge is 0.130 e. The Bertz CT molecular complexity index is 589. The molecule has 0 atom stereocenters. The summed E-state index contributed by atoms with van der Waals surface area (Å²) in [4.78, 5) is 13.5. The van der Waals surface area contributed by atoms with E-state index in [0.29, 0.717) is 5.92 Å². The van der Waals surface area contributed by atoms with Gasteiger partial charge in [0.15, 0.2) is 0 Å². The summed E-state index contributed by atoms with van der Waals surface area (Å²) in [5, 5.41) is 0. The van der Waals surface area contributed by atoms with E-state index in [1.165, 1.54) is 0 Å². The Hall–Kier alpha value is -1.72. The van der Waals surface area contributed by atoms with Gasteiger partial charge < -0.3 is 9.32 Å². The van der Waals surface area contributed by atoms with Gasteiger partial charge in [-0.3, -0.25) is 4.90 Å². The van der Waals surface area contributed by atoms with Gasteiger partial charge in [-0.15, -0.1) is 0 Å². The maximum atomic E-state index is 5.72. The molecule has 0 saturated carbocycles. The SMILES string of the molecule is Cc1ccc(CN(CCN(C)C)Cc2cnc(C(C)C)nc2)o1. The minimum atomic E-state index is 0.361. The lowest BCUT2D eigenvalue weighted by molar-refractivity contribution is 0.209. The van der Waals surface area contributed by atoms with E-state index in [2.05, 4.69) is 53.8 Å². The van der Waals surface area contributed by atoms with Crippen LogP contribution in [0.25, 0.3) is 0 Å². The quantitative estimate of drug-likeness (QED) is 0.749. The van der Waals surface area contributed by atoms with E-state index in [4.69, 9.17) is 4.42 Å². The van der Waals surface area contributed by atoms with Crippen LogP contribution in [0.3, 0.4) is 0 Å². The van der Waals surface area contributed by atoms with Crippen molar-refractivity contribution < 1.29 is 4.42 Å². The van der Waals surface area contributed by atoms with Crippen molar-refractivity contribution in [2.45, 2.75) is 39.8 Å². The zero-order chi connectivity index (χ0) is 16.8. The second-order valence-corrected chi connectivity index (χ2v) is 6.63. The highest BCUT2D eigenvalue weighted by Crippen LogP contribution is 2.13. The predicted octanol–water partition coefficient (Wildman–Crippen LogP) is 3.07. The van der Waals surface area contributed by atoms with Crippen LogP contribution in [0.4, 0.5) is 0 Å². The third kappa shape index (κ3) is 5.77. The van der Waals surface area contributed by atoms with Crippen LogP contribution in [-0.2, 0) is 13.1 Å². The highest BCUT2D eigenvalue weighted by molar-refractivity contribution is 5.08. The third-order valence-corrected chi connectivity index (χ3v) is 3.69. The van der Waals surface area contributed by atoms with Crippen molar-refractivity contribution >= 4 is 0 Å². The van der Waals surface area contributed by atoms with Crippen molar-refractivity contribution in [3.05, 3.63) is 47.4 Å². The van der Waals surface area contributed by atoms with E-state index in [9.17, 15) is 0 Å². The van der Waals surface area contributed by atoms with Crippen LogP contribution < -0.4 is 0 Å². The molecule has 2 aromatic rings. The molecule has 23 heavy (non-hydrogen) atoms. The van der Waals surface area contributed by atoms with Crippen molar-refractivity contribution in [1.29, 1.82) is 0 Å². The van der Waals surface area contributed by atoms with Crippen molar-refractivity contribution in [1.82, 2.24) is 19.8 Å². The highest BCUT2D eigenvalue weighted by Gasteiger charge is 2.11. The second kappa shape index (κ2) is 8.22. The molecule has 0 aromatic carbocycles. The Labute approximate surface area is 139 Å². The Balaban J connectivity index is 2.03. The molecule has 0 unspecified atom stereocenters. The molecule has 5 nitrogen and oxygen atoms in total. The van der Waals surface area contributed by atoms with Gasteiger partial charge in [0, 0.05) is 43.5 Å². The van der Waals surface area contributed by atoms with Gasteiger partial charge in [0.25, 0.3) is 0 Å². The summed E-state index contributed by atoms with van der Waals surface area (Å²) in [6, 6.07) is 4.07. The molecule has 0 aliphatic rings. The zero-order valence-corrected chi connectivity index (χ0v) is 14.9. The monoisotopic (exact) mass is 316 g/mol. The molecule has 2 heterocycles. The highest BCUT2D eigenvalue weighted by atomic mass is 16.3. The number of hydrogen-bond donors (Lipinski definition) is 0. The first kappa shape index (κ1) is 17.6. The maximum absolute atomic E-state index is 5.72. The fourth-order valence-electron chi connectivity index (χ4n) is 2.35. The fourth-order valence-corrected chi connectivity index (χ4v) is 2.35. The molecule has 0 amide bonds. The van der Waals surface area contributed by atoms with Gasteiger partial charge in [0.05, 0.1) is 6.54 Å². The Kier molecular flexibility index (Phi) is 6.30. The molecule has 0 fully saturated rings. The van der Waals surface area contributed by atoms with E-state index in [1.807, 2.05) is 25.4 Å². The van der Waals surface area contributed by atoms with E-state index >= 15 is 0 Å². The standard InChI is InChI=1S/C18H28N4O/c1-14(2)18-19-10-16(11-20-18)12-22(9-8-21(4)5)13-17-7-6-15(3)23-17/h6-7,10-11,14H,8-9,12-13H2,1-5H3. The van der Waals surface area contributed by atoms with Crippen molar-refractivity contribution in [2.75, 3.05) is 27.2 Å². The van der Waals surface area contributed by atoms with E-state index in [0.717, 1.165) is 49.1 Å². The minimum absolute atomic E-state index is 0.361. The average molecular weight is 316 g/mol. The lowest BCUT2D eigenvalue weighted by Crippen LogP contribution is -2.31. The van der Waals surface area contributed by atoms with Crippen LogP contribution in [0.15, 0.2) is 28.9 Å². The largest absolute Gasteiger partial charge is 0.465 e. The van der Waals surface area contributed by atoms with Crippen LogP contribution in [0.2, 0.25) is 0 Å². The van der Waals surface area contributed by atoms with Crippen molar-refractivity contribution in [2.24, 2.45) is 0 Å². The minimum Gasteiger partial charge on any atom is -0.465 e. The Morgan fingerprint density at radius 2 is 1.74 bits per heavy atom. The lowest BCUT2D eigenvalue weighted by Gasteiger charge is -2.23. The first-order chi connectivity index (χ1) is 10.9. The van der Waals surface area contributed by atoms with Gasteiger partial charge in [-0.1, -0.05) is 13.8 Å². The summed E-state index contributed by atoms with van der Waals surface area (Å²) in [5.41, 5.74) is 1.14. The van der Waals surface area contributed by atoms with Gasteiger partial charge in [-0.05, 0) is 33.2 Å². The van der Waals surface area contributed by atoms with Gasteiger partial charge in [-0.2, -0.15) is 0 Å². The summed E-state index contributed by atoms with van der Waals surface area (Å²) >= 11 is 0. The molecule has 0 radical (unpaired) electrons. The summed E-state index contributed by atoms with van der Waals surface area (Å²) in [5.74, 6) is 3.22. The summed E-state index contributed by atoms with van der Waals surface area (Å²) in [6.07, 6.45) is 3.89. The van der Waals surface area contributed by atoms with Crippen LogP contribution in [-0.4, -0.2) is 47.0 Å². The summed E-state index contributed by atoms with van der Waals surface area (Å²) < 4.78 is 5.72. The number of rotatable bonds is 8. The van der Waals surface area contributed by atoms with E-state index in [-0.39, 0.29) is 0 Å². The van der Waals surface area contributed by atoms with Crippen LogP contribution in [0.5, 0.6) is 0 Å². The average Bonchev–Trinajstić information content (AvgIpc) is 2.90. The van der Waals surface area contributed by atoms with Crippen LogP contribution in [0.1, 0.15) is 42.7 Å². The molecule has 0 spiro atoms. The van der Waals surface area contributed by atoms with E-state index < -0.39 is 0 Å². The number of aryl methyl sites for hydroxylation is 1. The second-order valence-electron chi connectivity index (χ2n) is 6.63. The fraction of sp³-hybridized carbons (Fsp3) is 0.556. The Morgan fingerprint density at radius 3 is 2.26 bits per heavy atom. The first-order valence-corrected chi connectivity index (χ1v) is 8.17.